The number of nitrogens with two attached hydrogens (primary N) is 2. The Kier molecular flexibility index (Phi) is 6.89. The zero-order valence-corrected chi connectivity index (χ0v) is 24.0. The second-order valence-electron chi connectivity index (χ2n) is 11.5. The number of amides is 1. The molecule has 1 aliphatic heterocycles. The molecule has 1 saturated carbocycles. The zero-order valence-electron chi connectivity index (χ0n) is 22.3. The van der Waals surface area contributed by atoms with Crippen LogP contribution in [0.3, 0.4) is 0 Å². The molecule has 6 rings (SSSR count). The van der Waals surface area contributed by atoms with Crippen LogP contribution in [0.2, 0.25) is 0 Å². The van der Waals surface area contributed by atoms with E-state index in [9.17, 15) is 15.0 Å². The lowest BCUT2D eigenvalue weighted by Gasteiger charge is -2.49. The maximum absolute atomic E-state index is 11.4. The first kappa shape index (κ1) is 27.2. The molecule has 2 aliphatic rings. The molecule has 4 aromatic rings. The van der Waals surface area contributed by atoms with Gasteiger partial charge in [0.15, 0.2) is 0 Å². The van der Waals surface area contributed by atoms with Crippen molar-refractivity contribution in [2.75, 3.05) is 19.6 Å². The summed E-state index contributed by atoms with van der Waals surface area (Å²) in [4.78, 5) is 24.9. The fourth-order valence-electron chi connectivity index (χ4n) is 5.98. The highest BCUT2D eigenvalue weighted by molar-refractivity contribution is 7.23. The SMILES string of the molecule is C[C@]1(O)C[C@@](N)(c2ccc(-c3nc(-c4cnc(C5(O)CCN(CC(N)=O)CC5)s4)sc3-c3ccccc3)cc2)C1. The predicted molar refractivity (Wildman–Crippen MR) is 159 cm³/mol. The number of piperidine rings is 1. The van der Waals surface area contributed by atoms with Gasteiger partial charge in [0, 0.05) is 30.4 Å². The summed E-state index contributed by atoms with van der Waals surface area (Å²) in [6.45, 7) is 3.21. The van der Waals surface area contributed by atoms with Gasteiger partial charge in [-0.1, -0.05) is 54.6 Å². The maximum atomic E-state index is 11.4. The van der Waals surface area contributed by atoms with Gasteiger partial charge in [-0.05, 0) is 43.7 Å². The van der Waals surface area contributed by atoms with Gasteiger partial charge in [-0.2, -0.15) is 0 Å². The molecular formula is C30H33N5O3S2. The first-order chi connectivity index (χ1) is 19.0. The minimum absolute atomic E-state index is 0.206. The number of thiazole rings is 2. The minimum Gasteiger partial charge on any atom is -0.390 e. The third-order valence-corrected chi connectivity index (χ3v) is 10.4. The number of aromatic nitrogens is 2. The molecule has 0 atom stereocenters. The number of rotatable bonds is 7. The molecule has 2 fully saturated rings. The number of primary amides is 1. The van der Waals surface area contributed by atoms with Crippen molar-refractivity contribution < 1.29 is 15.0 Å². The molecule has 6 N–H and O–H groups in total. The Hall–Kier alpha value is -2.99. The Bertz CT molecular complexity index is 1510. The van der Waals surface area contributed by atoms with E-state index in [1.165, 1.54) is 11.3 Å². The first-order valence-corrected chi connectivity index (χ1v) is 15.1. The molecule has 0 bridgehead atoms. The topological polar surface area (TPSA) is 139 Å². The van der Waals surface area contributed by atoms with Crippen molar-refractivity contribution in [1.82, 2.24) is 14.9 Å². The van der Waals surface area contributed by atoms with Gasteiger partial charge in [-0.15, -0.1) is 22.7 Å². The monoisotopic (exact) mass is 575 g/mol. The molecule has 0 spiro atoms. The van der Waals surface area contributed by atoms with Gasteiger partial charge in [0.05, 0.1) is 27.6 Å². The predicted octanol–water partition coefficient (Wildman–Crippen LogP) is 4.07. The molecule has 1 amide bonds. The molecule has 0 radical (unpaired) electrons. The second kappa shape index (κ2) is 10.1. The van der Waals surface area contributed by atoms with E-state index in [-0.39, 0.29) is 12.5 Å². The summed E-state index contributed by atoms with van der Waals surface area (Å²) >= 11 is 3.08. The van der Waals surface area contributed by atoms with Crippen LogP contribution < -0.4 is 11.5 Å². The molecular weight excluding hydrogens is 542 g/mol. The minimum atomic E-state index is -1.03. The molecule has 208 valence electrons. The highest BCUT2D eigenvalue weighted by Gasteiger charge is 2.49. The van der Waals surface area contributed by atoms with Gasteiger partial charge >= 0.3 is 0 Å². The number of aliphatic hydroxyl groups is 2. The largest absolute Gasteiger partial charge is 0.390 e. The number of likely N-dealkylation sites (tertiary alicyclic amines) is 1. The lowest BCUT2D eigenvalue weighted by Crippen LogP contribution is -2.58. The van der Waals surface area contributed by atoms with Crippen molar-refractivity contribution in [3.63, 3.8) is 0 Å². The zero-order chi connectivity index (χ0) is 28.1. The standard InChI is InChI=1S/C30H33N5O3S2/c1-28(37)17-29(32,18-28)21-9-7-19(8-10-21)24-25(20-5-3-2-4-6-20)40-26(34-24)22-15-33-27(39-22)30(38)11-13-35(14-12-30)16-23(31)36/h2-10,15,37-38H,11-14,16-18,32H2,1H3,(H2,31,36)/t28-,29-. The van der Waals surface area contributed by atoms with E-state index in [1.807, 2.05) is 42.2 Å². The number of hydrogen-bond acceptors (Lipinski definition) is 9. The second-order valence-corrected chi connectivity index (χ2v) is 13.5. The van der Waals surface area contributed by atoms with E-state index in [2.05, 4.69) is 29.2 Å². The summed E-state index contributed by atoms with van der Waals surface area (Å²) in [7, 11) is 0. The average molecular weight is 576 g/mol. The Balaban J connectivity index is 1.29. The van der Waals surface area contributed by atoms with Crippen LogP contribution >= 0.6 is 22.7 Å². The number of carbonyl (C=O) groups is 1. The van der Waals surface area contributed by atoms with E-state index in [0.717, 1.165) is 37.1 Å². The summed E-state index contributed by atoms with van der Waals surface area (Å²) in [5, 5.41) is 23.1. The van der Waals surface area contributed by atoms with Gasteiger partial charge in [0.1, 0.15) is 15.6 Å². The average Bonchev–Trinajstić information content (AvgIpc) is 3.58. The van der Waals surface area contributed by atoms with Crippen LogP contribution in [0, 0.1) is 0 Å². The molecule has 1 saturated heterocycles. The van der Waals surface area contributed by atoms with E-state index in [1.54, 1.807) is 17.5 Å². The fourth-order valence-corrected chi connectivity index (χ4v) is 8.18. The van der Waals surface area contributed by atoms with Crippen molar-refractivity contribution in [3.8, 4) is 31.6 Å². The Labute approximate surface area is 241 Å². The van der Waals surface area contributed by atoms with Crippen LogP contribution in [0.1, 0.15) is 43.2 Å². The van der Waals surface area contributed by atoms with E-state index in [4.69, 9.17) is 16.5 Å². The molecule has 2 aromatic heterocycles. The van der Waals surface area contributed by atoms with Crippen LogP contribution in [-0.4, -0.2) is 56.2 Å². The van der Waals surface area contributed by atoms with Crippen molar-refractivity contribution in [3.05, 3.63) is 71.4 Å². The molecule has 10 heteroatoms. The summed E-state index contributed by atoms with van der Waals surface area (Å²) in [6, 6.07) is 18.4. The van der Waals surface area contributed by atoms with Crippen LogP contribution in [0.5, 0.6) is 0 Å². The third kappa shape index (κ3) is 5.23. The molecule has 0 unspecified atom stereocenters. The third-order valence-electron chi connectivity index (χ3n) is 7.97. The van der Waals surface area contributed by atoms with Crippen LogP contribution in [-0.2, 0) is 15.9 Å². The summed E-state index contributed by atoms with van der Waals surface area (Å²) in [5.74, 6) is -0.357. The summed E-state index contributed by atoms with van der Waals surface area (Å²) < 4.78 is 0. The maximum Gasteiger partial charge on any atom is 0.231 e. The van der Waals surface area contributed by atoms with Gasteiger partial charge in [-0.25, -0.2) is 9.97 Å². The Morgan fingerprint density at radius 1 is 1.00 bits per heavy atom. The van der Waals surface area contributed by atoms with Crippen molar-refractivity contribution in [2.45, 2.75) is 49.3 Å². The van der Waals surface area contributed by atoms with Crippen molar-refractivity contribution >= 4 is 28.6 Å². The fraction of sp³-hybridized carbons (Fsp3) is 0.367. The van der Waals surface area contributed by atoms with Gasteiger partial charge < -0.3 is 21.7 Å². The van der Waals surface area contributed by atoms with Gasteiger partial charge in [-0.3, -0.25) is 9.69 Å². The highest BCUT2D eigenvalue weighted by atomic mass is 32.1. The number of benzene rings is 2. The van der Waals surface area contributed by atoms with E-state index >= 15 is 0 Å². The van der Waals surface area contributed by atoms with Crippen LogP contribution in [0.15, 0.2) is 60.8 Å². The summed E-state index contributed by atoms with van der Waals surface area (Å²) in [6.07, 6.45) is 3.87. The molecule has 40 heavy (non-hydrogen) atoms. The number of nitrogens with zero attached hydrogens (tertiary/aromatic N) is 3. The quantitative estimate of drug-likeness (QED) is 0.261. The molecule has 8 nitrogen and oxygen atoms in total. The lowest BCUT2D eigenvalue weighted by atomic mass is 9.63. The first-order valence-electron chi connectivity index (χ1n) is 13.4. The van der Waals surface area contributed by atoms with Crippen LogP contribution in [0.4, 0.5) is 0 Å². The van der Waals surface area contributed by atoms with Crippen molar-refractivity contribution in [1.29, 1.82) is 0 Å². The van der Waals surface area contributed by atoms with Crippen LogP contribution in [0.25, 0.3) is 31.6 Å². The number of hydrogen-bond donors (Lipinski definition) is 4. The van der Waals surface area contributed by atoms with Crippen molar-refractivity contribution in [2.24, 2.45) is 11.5 Å². The Morgan fingerprint density at radius 2 is 1.68 bits per heavy atom. The summed E-state index contributed by atoms with van der Waals surface area (Å²) in [5.41, 5.74) is 13.6. The van der Waals surface area contributed by atoms with E-state index < -0.39 is 16.7 Å². The Morgan fingerprint density at radius 3 is 2.30 bits per heavy atom. The lowest BCUT2D eigenvalue weighted by molar-refractivity contribution is -0.120. The highest BCUT2D eigenvalue weighted by Crippen LogP contribution is 2.47. The van der Waals surface area contributed by atoms with Gasteiger partial charge in [0.2, 0.25) is 5.91 Å². The van der Waals surface area contributed by atoms with Gasteiger partial charge in [0.25, 0.3) is 0 Å². The molecule has 2 aromatic carbocycles. The number of carbonyl (C=O) groups excluding carboxylic acids is 1. The van der Waals surface area contributed by atoms with E-state index in [0.29, 0.717) is 43.8 Å². The smallest absolute Gasteiger partial charge is 0.231 e. The normalized spacial score (nSPS) is 24.5. The molecule has 1 aliphatic carbocycles. The molecule has 3 heterocycles.